The summed E-state index contributed by atoms with van der Waals surface area (Å²) >= 11 is 1.31. The Morgan fingerprint density at radius 3 is 2.61 bits per heavy atom. The highest BCUT2D eigenvalue weighted by molar-refractivity contribution is 8.14. The molecule has 0 aliphatic carbocycles. The molecular formula is C21H20N4O2S. The van der Waals surface area contributed by atoms with Crippen LogP contribution in [0.2, 0.25) is 0 Å². The minimum absolute atomic E-state index is 0.117. The molecule has 7 heteroatoms. The second kappa shape index (κ2) is 7.24. The standard InChI is InChI=1S/C21H20N4O2S/c1-12-8-13(2)10-15(9-12)22-18(26)11-28-21-23-17-7-5-4-6-16(17)19-24-20(27)14(3)25(19)21/h4-10,14H,11H2,1-3H3,(H,22,26). The van der Waals surface area contributed by atoms with E-state index in [-0.39, 0.29) is 17.6 Å². The van der Waals surface area contributed by atoms with Crippen LogP contribution >= 0.6 is 11.8 Å². The molecule has 0 aromatic heterocycles. The van der Waals surface area contributed by atoms with Crippen molar-refractivity contribution in [2.75, 3.05) is 11.1 Å². The maximum Gasteiger partial charge on any atom is 0.270 e. The lowest BCUT2D eigenvalue weighted by molar-refractivity contribution is -0.119. The Morgan fingerprint density at radius 1 is 1.14 bits per heavy atom. The highest BCUT2D eigenvalue weighted by Gasteiger charge is 2.39. The van der Waals surface area contributed by atoms with Gasteiger partial charge in [-0.2, -0.15) is 4.99 Å². The van der Waals surface area contributed by atoms with Crippen molar-refractivity contribution in [3.63, 3.8) is 0 Å². The zero-order valence-corrected chi connectivity index (χ0v) is 16.7. The first-order chi connectivity index (χ1) is 13.4. The molecule has 2 aromatic rings. The predicted octanol–water partition coefficient (Wildman–Crippen LogP) is 3.65. The summed E-state index contributed by atoms with van der Waals surface area (Å²) < 4.78 is 0. The lowest BCUT2D eigenvalue weighted by atomic mass is 10.1. The first-order valence-corrected chi connectivity index (χ1v) is 10.0. The number of amidine groups is 2. The molecule has 1 atom stereocenters. The zero-order chi connectivity index (χ0) is 19.8. The fraction of sp³-hybridized carbons (Fsp3) is 0.238. The van der Waals surface area contributed by atoms with Crippen LogP contribution in [0, 0.1) is 13.8 Å². The van der Waals surface area contributed by atoms with Crippen LogP contribution < -0.4 is 5.32 Å². The van der Waals surface area contributed by atoms with Crippen molar-refractivity contribution in [2.24, 2.45) is 9.98 Å². The Bertz CT molecular complexity index is 1020. The van der Waals surface area contributed by atoms with Gasteiger partial charge in [-0.1, -0.05) is 30.0 Å². The van der Waals surface area contributed by atoms with E-state index in [0.717, 1.165) is 28.1 Å². The summed E-state index contributed by atoms with van der Waals surface area (Å²) in [5, 5.41) is 3.55. The van der Waals surface area contributed by atoms with Crippen molar-refractivity contribution < 1.29 is 9.59 Å². The number of hydrogen-bond donors (Lipinski definition) is 1. The summed E-state index contributed by atoms with van der Waals surface area (Å²) in [5.74, 6) is 0.492. The van der Waals surface area contributed by atoms with E-state index < -0.39 is 6.04 Å². The van der Waals surface area contributed by atoms with Crippen LogP contribution in [-0.2, 0) is 9.59 Å². The van der Waals surface area contributed by atoms with Crippen molar-refractivity contribution in [2.45, 2.75) is 26.8 Å². The number of para-hydroxylation sites is 1. The Balaban J connectivity index is 1.52. The van der Waals surface area contributed by atoms with E-state index in [0.29, 0.717) is 11.0 Å². The number of benzene rings is 2. The molecule has 2 aliphatic heterocycles. The third-order valence-electron chi connectivity index (χ3n) is 4.59. The maximum atomic E-state index is 12.5. The van der Waals surface area contributed by atoms with Gasteiger partial charge < -0.3 is 5.32 Å². The normalized spacial score (nSPS) is 17.6. The first-order valence-electron chi connectivity index (χ1n) is 9.03. The van der Waals surface area contributed by atoms with Gasteiger partial charge >= 0.3 is 0 Å². The Kier molecular flexibility index (Phi) is 4.77. The third-order valence-corrected chi connectivity index (χ3v) is 5.55. The van der Waals surface area contributed by atoms with E-state index in [1.54, 1.807) is 6.92 Å². The topological polar surface area (TPSA) is 74.1 Å². The maximum absolute atomic E-state index is 12.5. The first kappa shape index (κ1) is 18.4. The molecule has 2 amide bonds. The van der Waals surface area contributed by atoms with E-state index in [9.17, 15) is 9.59 Å². The number of fused-ring (bicyclic) bond motifs is 3. The molecule has 0 fully saturated rings. The summed E-state index contributed by atoms with van der Waals surface area (Å²) in [7, 11) is 0. The summed E-state index contributed by atoms with van der Waals surface area (Å²) in [6, 6.07) is 13.1. The van der Waals surface area contributed by atoms with Crippen molar-refractivity contribution in [3.05, 3.63) is 59.2 Å². The van der Waals surface area contributed by atoms with E-state index in [1.807, 2.05) is 55.1 Å². The number of nitrogens with one attached hydrogen (secondary N) is 1. The molecule has 1 unspecified atom stereocenters. The number of thioether (sulfide) groups is 1. The number of aryl methyl sites for hydroxylation is 2. The van der Waals surface area contributed by atoms with Crippen LogP contribution in [0.5, 0.6) is 0 Å². The number of carbonyl (C=O) groups is 2. The number of nitrogens with zero attached hydrogens (tertiary/aromatic N) is 3. The minimum Gasteiger partial charge on any atom is -0.325 e. The SMILES string of the molecule is Cc1cc(C)cc(NC(=O)CSC2=Nc3ccccc3C3=NC(=O)C(C)N23)c1. The fourth-order valence-electron chi connectivity index (χ4n) is 3.38. The predicted molar refractivity (Wildman–Crippen MR) is 113 cm³/mol. The molecule has 2 heterocycles. The minimum atomic E-state index is -0.419. The Morgan fingerprint density at radius 2 is 1.86 bits per heavy atom. The van der Waals surface area contributed by atoms with E-state index >= 15 is 0 Å². The van der Waals surface area contributed by atoms with Crippen molar-refractivity contribution in [1.29, 1.82) is 0 Å². The van der Waals surface area contributed by atoms with Crippen molar-refractivity contribution >= 4 is 46.0 Å². The van der Waals surface area contributed by atoms with Gasteiger partial charge in [-0.05, 0) is 56.2 Å². The van der Waals surface area contributed by atoms with Crippen molar-refractivity contribution in [3.8, 4) is 0 Å². The lowest BCUT2D eigenvalue weighted by Crippen LogP contribution is -2.42. The van der Waals surface area contributed by atoms with Gasteiger partial charge in [0, 0.05) is 11.3 Å². The van der Waals surface area contributed by atoms with Crippen LogP contribution in [0.1, 0.15) is 23.6 Å². The van der Waals surface area contributed by atoms with Crippen LogP contribution in [0.25, 0.3) is 0 Å². The molecule has 0 saturated carbocycles. The van der Waals surface area contributed by atoms with Crippen LogP contribution in [-0.4, -0.2) is 39.5 Å². The van der Waals surface area contributed by atoms with Crippen LogP contribution in [0.3, 0.4) is 0 Å². The van der Waals surface area contributed by atoms with Gasteiger partial charge in [-0.25, -0.2) is 4.99 Å². The monoisotopic (exact) mass is 392 g/mol. The second-order valence-electron chi connectivity index (χ2n) is 6.94. The van der Waals surface area contributed by atoms with Crippen molar-refractivity contribution in [1.82, 2.24) is 4.90 Å². The molecule has 28 heavy (non-hydrogen) atoms. The van der Waals surface area contributed by atoms with Gasteiger partial charge in [0.15, 0.2) is 5.17 Å². The fourth-order valence-corrected chi connectivity index (χ4v) is 4.26. The summed E-state index contributed by atoms with van der Waals surface area (Å²) in [5.41, 5.74) is 4.58. The molecule has 142 valence electrons. The van der Waals surface area contributed by atoms with E-state index in [4.69, 9.17) is 0 Å². The highest BCUT2D eigenvalue weighted by Crippen LogP contribution is 2.33. The summed E-state index contributed by atoms with van der Waals surface area (Å²) in [6.07, 6.45) is 0. The number of aliphatic imine (C=N–C) groups is 2. The number of carbonyl (C=O) groups excluding carboxylic acids is 2. The Labute approximate surface area is 167 Å². The third kappa shape index (κ3) is 3.45. The zero-order valence-electron chi connectivity index (χ0n) is 15.9. The average molecular weight is 392 g/mol. The Hall–Kier alpha value is -2.93. The molecule has 0 saturated heterocycles. The molecule has 2 aromatic carbocycles. The largest absolute Gasteiger partial charge is 0.325 e. The molecule has 6 nitrogen and oxygen atoms in total. The molecule has 2 aliphatic rings. The second-order valence-corrected chi connectivity index (χ2v) is 7.89. The smallest absolute Gasteiger partial charge is 0.270 e. The number of rotatable bonds is 3. The molecule has 1 N–H and O–H groups in total. The number of hydrogen-bond acceptors (Lipinski definition) is 5. The van der Waals surface area contributed by atoms with Gasteiger partial charge in [-0.3, -0.25) is 14.5 Å². The average Bonchev–Trinajstić information content (AvgIpc) is 2.94. The lowest BCUT2D eigenvalue weighted by Gasteiger charge is -2.29. The molecule has 0 spiro atoms. The quantitative estimate of drug-likeness (QED) is 0.865. The molecule has 4 rings (SSSR count). The summed E-state index contributed by atoms with van der Waals surface area (Å²) in [4.78, 5) is 35.3. The van der Waals surface area contributed by atoms with E-state index in [2.05, 4.69) is 21.4 Å². The highest BCUT2D eigenvalue weighted by atomic mass is 32.2. The molecule has 0 bridgehead atoms. The van der Waals surface area contributed by atoms with Gasteiger partial charge in [0.2, 0.25) is 5.91 Å². The molecule has 0 radical (unpaired) electrons. The van der Waals surface area contributed by atoms with Crippen LogP contribution in [0.4, 0.5) is 11.4 Å². The van der Waals surface area contributed by atoms with Gasteiger partial charge in [0.1, 0.15) is 11.9 Å². The van der Waals surface area contributed by atoms with Crippen LogP contribution in [0.15, 0.2) is 52.4 Å². The van der Waals surface area contributed by atoms with E-state index in [1.165, 1.54) is 11.8 Å². The molecular weight excluding hydrogens is 372 g/mol. The van der Waals surface area contributed by atoms with Gasteiger partial charge in [0.05, 0.1) is 11.4 Å². The van der Waals surface area contributed by atoms with Gasteiger partial charge in [0.25, 0.3) is 5.91 Å². The summed E-state index contributed by atoms with van der Waals surface area (Å²) in [6.45, 7) is 5.80. The number of anilines is 1. The number of amides is 2. The van der Waals surface area contributed by atoms with Gasteiger partial charge in [-0.15, -0.1) is 0 Å².